The monoisotopic (exact) mass is 273 g/mol. The minimum atomic E-state index is -0.444. The smallest absolute Gasteiger partial charge is 0.128 e. The van der Waals surface area contributed by atoms with Gasteiger partial charge in [0.2, 0.25) is 0 Å². The van der Waals surface area contributed by atoms with Crippen LogP contribution in [-0.2, 0) is 13.2 Å². The van der Waals surface area contributed by atoms with Crippen LogP contribution in [0.3, 0.4) is 0 Å². The number of hydrogen-bond acceptors (Lipinski definition) is 1. The molecule has 3 aromatic rings. The molecule has 0 atom stereocenters. The van der Waals surface area contributed by atoms with Crippen molar-refractivity contribution in [3.05, 3.63) is 71.4 Å². The fourth-order valence-corrected chi connectivity index (χ4v) is 2.33. The normalized spacial score (nSPS) is 11.2. The van der Waals surface area contributed by atoms with E-state index in [1.807, 2.05) is 35.0 Å². The first-order chi connectivity index (χ1) is 9.67. The van der Waals surface area contributed by atoms with Gasteiger partial charge in [-0.15, -0.1) is 0 Å². The lowest BCUT2D eigenvalue weighted by Gasteiger charge is -2.07. The number of hydrogen-bond donors (Lipinski definition) is 1. The van der Waals surface area contributed by atoms with Gasteiger partial charge in [-0.1, -0.05) is 6.07 Å². The highest BCUT2D eigenvalue weighted by Gasteiger charge is 2.07. The predicted octanol–water partition coefficient (Wildman–Crippen LogP) is 3.46. The average molecular weight is 273 g/mol. The Labute approximate surface area is 114 Å². The molecule has 1 aromatic heterocycles. The molecule has 0 amide bonds. The van der Waals surface area contributed by atoms with E-state index in [0.717, 1.165) is 28.6 Å². The minimum absolute atomic E-state index is 0.0142. The number of aliphatic hydroxyl groups excluding tert-OH is 1. The Hall–Kier alpha value is -2.20. The van der Waals surface area contributed by atoms with Crippen LogP contribution in [0.4, 0.5) is 8.78 Å². The molecule has 1 heterocycles. The number of nitrogens with zero attached hydrogens (tertiary/aromatic N) is 1. The van der Waals surface area contributed by atoms with Crippen molar-refractivity contribution in [2.45, 2.75) is 13.2 Å². The van der Waals surface area contributed by atoms with Gasteiger partial charge in [0.15, 0.2) is 0 Å². The van der Waals surface area contributed by atoms with Crippen molar-refractivity contribution in [2.75, 3.05) is 0 Å². The number of aromatic nitrogens is 1. The summed E-state index contributed by atoms with van der Waals surface area (Å²) in [6.45, 7) is 0.255. The minimum Gasteiger partial charge on any atom is -0.392 e. The summed E-state index contributed by atoms with van der Waals surface area (Å²) >= 11 is 0. The van der Waals surface area contributed by atoms with Gasteiger partial charge in [0.25, 0.3) is 0 Å². The van der Waals surface area contributed by atoms with Gasteiger partial charge < -0.3 is 9.67 Å². The Morgan fingerprint density at radius 3 is 2.65 bits per heavy atom. The van der Waals surface area contributed by atoms with E-state index >= 15 is 0 Å². The van der Waals surface area contributed by atoms with Crippen LogP contribution in [0.15, 0.2) is 48.7 Å². The van der Waals surface area contributed by atoms with Crippen molar-refractivity contribution in [2.24, 2.45) is 0 Å². The van der Waals surface area contributed by atoms with E-state index in [2.05, 4.69) is 0 Å². The summed E-state index contributed by atoms with van der Waals surface area (Å²) in [6.07, 6.45) is 1.83. The largest absolute Gasteiger partial charge is 0.392 e. The van der Waals surface area contributed by atoms with Gasteiger partial charge in [-0.05, 0) is 47.3 Å². The maximum atomic E-state index is 13.7. The van der Waals surface area contributed by atoms with E-state index in [1.165, 1.54) is 6.07 Å². The molecule has 3 rings (SSSR count). The Morgan fingerprint density at radius 1 is 1.00 bits per heavy atom. The predicted molar refractivity (Wildman–Crippen MR) is 73.3 cm³/mol. The highest BCUT2D eigenvalue weighted by Crippen LogP contribution is 2.20. The van der Waals surface area contributed by atoms with Crippen LogP contribution in [-0.4, -0.2) is 9.67 Å². The van der Waals surface area contributed by atoms with Crippen molar-refractivity contribution in [3.8, 4) is 0 Å². The fraction of sp³-hybridized carbons (Fsp3) is 0.125. The Kier molecular flexibility index (Phi) is 3.24. The first kappa shape index (κ1) is 12.8. The van der Waals surface area contributed by atoms with E-state index in [0.29, 0.717) is 5.56 Å². The van der Waals surface area contributed by atoms with Crippen molar-refractivity contribution >= 4 is 10.9 Å². The third-order valence-corrected chi connectivity index (χ3v) is 3.37. The lowest BCUT2D eigenvalue weighted by atomic mass is 10.1. The van der Waals surface area contributed by atoms with Gasteiger partial charge in [-0.3, -0.25) is 0 Å². The van der Waals surface area contributed by atoms with E-state index in [-0.39, 0.29) is 13.2 Å². The molecule has 2 aromatic carbocycles. The molecule has 0 saturated heterocycles. The van der Waals surface area contributed by atoms with Gasteiger partial charge in [0.05, 0.1) is 13.2 Å². The number of aliphatic hydroxyl groups is 1. The number of benzene rings is 2. The summed E-state index contributed by atoms with van der Waals surface area (Å²) in [6, 6.07) is 10.9. The van der Waals surface area contributed by atoms with Gasteiger partial charge in [0, 0.05) is 17.3 Å². The molecule has 1 N–H and O–H groups in total. The molecule has 0 aliphatic rings. The van der Waals surface area contributed by atoms with Crippen molar-refractivity contribution in [3.63, 3.8) is 0 Å². The molecule has 0 saturated carbocycles. The zero-order chi connectivity index (χ0) is 14.1. The standard InChI is InChI=1S/C16H13F2NO/c17-14-2-3-15(18)13(8-14)9-19-6-5-12-7-11(10-20)1-4-16(12)19/h1-8,20H,9-10H2. The summed E-state index contributed by atoms with van der Waals surface area (Å²) in [4.78, 5) is 0. The maximum Gasteiger partial charge on any atom is 0.128 e. The van der Waals surface area contributed by atoms with Gasteiger partial charge in [-0.2, -0.15) is 0 Å². The molecule has 0 radical (unpaired) electrons. The van der Waals surface area contributed by atoms with E-state index < -0.39 is 11.6 Å². The van der Waals surface area contributed by atoms with E-state index in [1.54, 1.807) is 0 Å². The lowest BCUT2D eigenvalue weighted by Crippen LogP contribution is -2.01. The average Bonchev–Trinajstić information content (AvgIpc) is 2.85. The van der Waals surface area contributed by atoms with E-state index in [4.69, 9.17) is 5.11 Å². The van der Waals surface area contributed by atoms with Gasteiger partial charge in [-0.25, -0.2) is 8.78 Å². The molecule has 0 aliphatic carbocycles. The number of halogens is 2. The number of rotatable bonds is 3. The second-order valence-electron chi connectivity index (χ2n) is 4.73. The summed E-state index contributed by atoms with van der Waals surface area (Å²) in [7, 11) is 0. The molecule has 0 unspecified atom stereocenters. The highest BCUT2D eigenvalue weighted by molar-refractivity contribution is 5.81. The number of fused-ring (bicyclic) bond motifs is 1. The second-order valence-corrected chi connectivity index (χ2v) is 4.73. The maximum absolute atomic E-state index is 13.7. The molecule has 0 fully saturated rings. The fourth-order valence-electron chi connectivity index (χ4n) is 2.33. The topological polar surface area (TPSA) is 25.2 Å². The molecule has 102 valence electrons. The van der Waals surface area contributed by atoms with Gasteiger partial charge in [0.1, 0.15) is 11.6 Å². The Bertz CT molecular complexity index is 764. The highest BCUT2D eigenvalue weighted by atomic mass is 19.1. The van der Waals surface area contributed by atoms with Crippen LogP contribution in [0.5, 0.6) is 0 Å². The van der Waals surface area contributed by atoms with Crippen LogP contribution in [0.2, 0.25) is 0 Å². The summed E-state index contributed by atoms with van der Waals surface area (Å²) < 4.78 is 28.7. The molecule has 0 spiro atoms. The zero-order valence-corrected chi connectivity index (χ0v) is 10.7. The van der Waals surface area contributed by atoms with Crippen molar-refractivity contribution < 1.29 is 13.9 Å². The molecule has 2 nitrogen and oxygen atoms in total. The van der Waals surface area contributed by atoms with Crippen molar-refractivity contribution in [1.82, 2.24) is 4.57 Å². The quantitative estimate of drug-likeness (QED) is 0.776. The summed E-state index contributed by atoms with van der Waals surface area (Å²) in [5.41, 5.74) is 2.06. The van der Waals surface area contributed by atoms with Crippen molar-refractivity contribution in [1.29, 1.82) is 0 Å². The molecule has 20 heavy (non-hydrogen) atoms. The van der Waals surface area contributed by atoms with Crippen LogP contribution >= 0.6 is 0 Å². The van der Waals surface area contributed by atoms with Crippen LogP contribution < -0.4 is 0 Å². The zero-order valence-electron chi connectivity index (χ0n) is 10.7. The van der Waals surface area contributed by atoms with Crippen LogP contribution in [0, 0.1) is 11.6 Å². The summed E-state index contributed by atoms with van der Waals surface area (Å²) in [5, 5.41) is 10.1. The first-order valence-electron chi connectivity index (χ1n) is 6.30. The third-order valence-electron chi connectivity index (χ3n) is 3.37. The lowest BCUT2D eigenvalue weighted by molar-refractivity contribution is 0.282. The third kappa shape index (κ3) is 2.30. The SMILES string of the molecule is OCc1ccc2c(ccn2Cc2cc(F)ccc2F)c1. The molecular formula is C16H13F2NO. The van der Waals surface area contributed by atoms with Crippen LogP contribution in [0.1, 0.15) is 11.1 Å². The first-order valence-corrected chi connectivity index (χ1v) is 6.30. The molecule has 0 bridgehead atoms. The second kappa shape index (κ2) is 5.06. The van der Waals surface area contributed by atoms with E-state index in [9.17, 15) is 8.78 Å². The Balaban J connectivity index is 2.00. The Morgan fingerprint density at radius 2 is 1.85 bits per heavy atom. The molecule has 0 aliphatic heterocycles. The molecule has 4 heteroatoms. The van der Waals surface area contributed by atoms with Gasteiger partial charge >= 0.3 is 0 Å². The van der Waals surface area contributed by atoms with Crippen LogP contribution in [0.25, 0.3) is 10.9 Å². The molecular weight excluding hydrogens is 260 g/mol. The summed E-state index contributed by atoms with van der Waals surface area (Å²) in [5.74, 6) is -0.861.